The van der Waals surface area contributed by atoms with E-state index in [0.717, 1.165) is 55.3 Å². The van der Waals surface area contributed by atoms with E-state index in [1.165, 1.54) is 27.1 Å². The molecular formula is C26H26N4OS. The van der Waals surface area contributed by atoms with Gasteiger partial charge in [-0.15, -0.1) is 11.3 Å². The van der Waals surface area contributed by atoms with Crippen LogP contribution in [0.1, 0.15) is 39.6 Å². The maximum Gasteiger partial charge on any atom is 0.262 e. The number of rotatable bonds is 5. The minimum atomic E-state index is 0.147. The number of hydrogen-bond acceptors (Lipinski definition) is 5. The predicted octanol–water partition coefficient (Wildman–Crippen LogP) is 3.88. The molecule has 4 aromatic rings. The molecule has 0 saturated heterocycles. The highest BCUT2D eigenvalue weighted by Gasteiger charge is 2.28. The van der Waals surface area contributed by atoms with Gasteiger partial charge in [0.05, 0.1) is 11.7 Å². The number of pyridine rings is 1. The van der Waals surface area contributed by atoms with Crippen molar-refractivity contribution in [3.05, 3.63) is 92.6 Å². The Morgan fingerprint density at radius 3 is 2.72 bits per heavy atom. The maximum absolute atomic E-state index is 13.5. The zero-order chi connectivity index (χ0) is 21.5. The molecule has 3 aromatic heterocycles. The Morgan fingerprint density at radius 2 is 1.94 bits per heavy atom. The van der Waals surface area contributed by atoms with E-state index in [0.29, 0.717) is 6.04 Å². The predicted molar refractivity (Wildman–Crippen MR) is 129 cm³/mol. The first-order valence-corrected chi connectivity index (χ1v) is 12.3. The Bertz CT molecular complexity index is 1300. The zero-order valence-electron chi connectivity index (χ0n) is 18.0. The number of thiophene rings is 1. The summed E-state index contributed by atoms with van der Waals surface area (Å²) in [5.74, 6) is 0. The highest BCUT2D eigenvalue weighted by atomic mass is 32.1. The fraction of sp³-hybridized carbons (Fsp3) is 0.346. The molecule has 0 saturated carbocycles. The summed E-state index contributed by atoms with van der Waals surface area (Å²) in [6.07, 6.45) is 11.4. The van der Waals surface area contributed by atoms with Gasteiger partial charge in [-0.25, -0.2) is 4.98 Å². The topological polar surface area (TPSA) is 59.8 Å². The molecule has 0 radical (unpaired) electrons. The summed E-state index contributed by atoms with van der Waals surface area (Å²) in [4.78, 5) is 24.7. The molecule has 162 valence electrons. The lowest BCUT2D eigenvalue weighted by molar-refractivity contribution is 0.466. The second-order valence-corrected chi connectivity index (χ2v) is 10.1. The van der Waals surface area contributed by atoms with Gasteiger partial charge < -0.3 is 5.32 Å². The van der Waals surface area contributed by atoms with E-state index >= 15 is 0 Å². The van der Waals surface area contributed by atoms with Gasteiger partial charge in [-0.2, -0.15) is 0 Å². The summed E-state index contributed by atoms with van der Waals surface area (Å²) in [5.41, 5.74) is 5.37. The normalized spacial score (nSPS) is 18.1. The van der Waals surface area contributed by atoms with Crippen molar-refractivity contribution in [1.82, 2.24) is 19.9 Å². The first kappa shape index (κ1) is 19.8. The average molecular weight is 443 g/mol. The lowest BCUT2D eigenvalue weighted by Gasteiger charge is -2.23. The summed E-state index contributed by atoms with van der Waals surface area (Å²) in [5, 5.41) is 4.58. The van der Waals surface area contributed by atoms with Crippen LogP contribution in [-0.2, 0) is 32.1 Å². The van der Waals surface area contributed by atoms with Gasteiger partial charge in [0.1, 0.15) is 4.83 Å². The molecule has 5 nitrogen and oxygen atoms in total. The van der Waals surface area contributed by atoms with E-state index in [9.17, 15) is 4.79 Å². The minimum Gasteiger partial charge on any atom is -0.313 e. The van der Waals surface area contributed by atoms with Gasteiger partial charge in [0.2, 0.25) is 0 Å². The average Bonchev–Trinajstić information content (AvgIpc) is 3.41. The first-order chi connectivity index (χ1) is 15.8. The Hall–Kier alpha value is -2.83. The minimum absolute atomic E-state index is 0.147. The molecule has 3 heterocycles. The number of hydrogen-bond donors (Lipinski definition) is 1. The molecule has 0 fully saturated rings. The zero-order valence-corrected chi connectivity index (χ0v) is 18.8. The van der Waals surface area contributed by atoms with Crippen LogP contribution in [0.5, 0.6) is 0 Å². The molecule has 0 spiro atoms. The van der Waals surface area contributed by atoms with Crippen molar-refractivity contribution in [2.45, 2.75) is 50.6 Å². The molecule has 1 N–H and O–H groups in total. The fourth-order valence-electron chi connectivity index (χ4n) is 5.31. The van der Waals surface area contributed by atoms with Gasteiger partial charge in [0, 0.05) is 29.4 Å². The van der Waals surface area contributed by atoms with E-state index in [4.69, 9.17) is 4.98 Å². The fourth-order valence-corrected chi connectivity index (χ4v) is 6.57. The van der Waals surface area contributed by atoms with Crippen molar-refractivity contribution in [2.75, 3.05) is 6.54 Å². The molecule has 2 aliphatic carbocycles. The van der Waals surface area contributed by atoms with Crippen molar-refractivity contribution in [3.8, 4) is 0 Å². The van der Waals surface area contributed by atoms with E-state index in [-0.39, 0.29) is 11.6 Å². The van der Waals surface area contributed by atoms with Gasteiger partial charge in [0.15, 0.2) is 0 Å². The van der Waals surface area contributed by atoms with Gasteiger partial charge in [0.25, 0.3) is 5.56 Å². The molecule has 2 aliphatic rings. The largest absolute Gasteiger partial charge is 0.313 e. The van der Waals surface area contributed by atoms with E-state index in [2.05, 4.69) is 40.6 Å². The highest BCUT2D eigenvalue weighted by Crippen LogP contribution is 2.35. The summed E-state index contributed by atoms with van der Waals surface area (Å²) >= 11 is 1.71. The quantitative estimate of drug-likeness (QED) is 0.510. The summed E-state index contributed by atoms with van der Waals surface area (Å²) in [7, 11) is 0. The summed E-state index contributed by atoms with van der Waals surface area (Å²) in [6.45, 7) is 0.948. The molecule has 1 aromatic carbocycles. The number of nitrogens with zero attached hydrogens (tertiary/aromatic N) is 3. The Morgan fingerprint density at radius 1 is 1.09 bits per heavy atom. The first-order valence-electron chi connectivity index (χ1n) is 11.5. The molecule has 1 atom stereocenters. The second-order valence-electron chi connectivity index (χ2n) is 8.98. The molecular weight excluding hydrogens is 416 g/mol. The van der Waals surface area contributed by atoms with Crippen molar-refractivity contribution in [2.24, 2.45) is 0 Å². The van der Waals surface area contributed by atoms with Crippen LogP contribution in [0.2, 0.25) is 0 Å². The van der Waals surface area contributed by atoms with Crippen LogP contribution < -0.4 is 10.9 Å². The van der Waals surface area contributed by atoms with Gasteiger partial charge in [-0.05, 0) is 73.4 Å². The molecule has 6 rings (SSSR count). The van der Waals surface area contributed by atoms with Crippen molar-refractivity contribution in [3.63, 3.8) is 0 Å². The van der Waals surface area contributed by atoms with E-state index in [1.807, 2.05) is 23.0 Å². The number of fused-ring (bicyclic) bond motifs is 4. The second kappa shape index (κ2) is 8.26. The third-order valence-electron chi connectivity index (χ3n) is 6.99. The smallest absolute Gasteiger partial charge is 0.262 e. The van der Waals surface area contributed by atoms with Crippen molar-refractivity contribution in [1.29, 1.82) is 0 Å². The lowest BCUT2D eigenvalue weighted by atomic mass is 9.93. The van der Waals surface area contributed by atoms with Crippen molar-refractivity contribution >= 4 is 21.6 Å². The molecule has 0 amide bonds. The van der Waals surface area contributed by atoms with E-state index < -0.39 is 0 Å². The van der Waals surface area contributed by atoms with Gasteiger partial charge in [-0.3, -0.25) is 14.3 Å². The monoisotopic (exact) mass is 442 g/mol. The molecule has 32 heavy (non-hydrogen) atoms. The Labute approximate surface area is 191 Å². The van der Waals surface area contributed by atoms with Crippen LogP contribution >= 0.6 is 11.3 Å². The lowest BCUT2D eigenvalue weighted by Crippen LogP contribution is -2.35. The molecule has 0 aliphatic heterocycles. The van der Waals surface area contributed by atoms with Crippen LogP contribution in [0.25, 0.3) is 10.2 Å². The van der Waals surface area contributed by atoms with Crippen molar-refractivity contribution < 1.29 is 0 Å². The van der Waals surface area contributed by atoms with Crippen LogP contribution in [0.4, 0.5) is 0 Å². The number of aromatic nitrogens is 3. The number of aryl methyl sites for hydroxylation is 1. The molecule has 0 unspecified atom stereocenters. The Kier molecular flexibility index (Phi) is 5.12. The Balaban J connectivity index is 1.20. The number of nitrogens with one attached hydrogen (secondary N) is 1. The van der Waals surface area contributed by atoms with Gasteiger partial charge >= 0.3 is 0 Å². The SMILES string of the molecule is O=c1c2c3c(sc2ncn1C1Cc2ccccc2C1)C[C@@H](NCCc1cccnc1)CC3. The van der Waals surface area contributed by atoms with Crippen LogP contribution in [-0.4, -0.2) is 27.1 Å². The summed E-state index contributed by atoms with van der Waals surface area (Å²) in [6, 6.07) is 13.3. The van der Waals surface area contributed by atoms with Crippen LogP contribution in [0.3, 0.4) is 0 Å². The molecule has 6 heteroatoms. The highest BCUT2D eigenvalue weighted by molar-refractivity contribution is 7.18. The standard InChI is InChI=1S/C26H26N4OS/c31-26-24-22-8-7-20(28-11-9-17-4-3-10-27-15-17)14-23(22)32-25(24)29-16-30(26)21-12-18-5-1-2-6-19(18)13-21/h1-6,10,15-16,20-21,28H,7-9,11-14H2/t20-/m0/s1. The van der Waals surface area contributed by atoms with Gasteiger partial charge in [-0.1, -0.05) is 30.3 Å². The van der Waals surface area contributed by atoms with E-state index in [1.54, 1.807) is 17.7 Å². The summed E-state index contributed by atoms with van der Waals surface area (Å²) < 4.78 is 1.90. The third kappa shape index (κ3) is 3.57. The van der Waals surface area contributed by atoms with Crippen LogP contribution in [0, 0.1) is 0 Å². The maximum atomic E-state index is 13.5. The third-order valence-corrected chi connectivity index (χ3v) is 8.15. The molecule has 0 bridgehead atoms. The van der Waals surface area contributed by atoms with Crippen LogP contribution in [0.15, 0.2) is 59.9 Å². The number of benzene rings is 1.